The van der Waals surface area contributed by atoms with E-state index in [9.17, 15) is 48.3 Å². The molecular weight excluding hydrogens is 321 g/mol. The van der Waals surface area contributed by atoms with Gasteiger partial charge < -0.3 is 4.74 Å². The third kappa shape index (κ3) is 2.66. The highest BCUT2D eigenvalue weighted by molar-refractivity contribution is 5.05. The number of ether oxygens (including phenoxy) is 1. The first-order chi connectivity index (χ1) is 8.55. The van der Waals surface area contributed by atoms with E-state index in [1.807, 2.05) is 0 Å². The third-order valence-electron chi connectivity index (χ3n) is 2.59. The molecule has 0 aliphatic heterocycles. The van der Waals surface area contributed by atoms with Crippen molar-refractivity contribution in [2.45, 2.75) is 49.0 Å². The van der Waals surface area contributed by atoms with Gasteiger partial charge in [0.15, 0.2) is 0 Å². The molecule has 1 aliphatic rings. The average molecular weight is 326 g/mol. The molecule has 1 nitrogen and oxygen atoms in total. The van der Waals surface area contributed by atoms with Gasteiger partial charge in [0.25, 0.3) is 12.0 Å². The first-order valence-corrected chi connectivity index (χ1v) is 4.80. The minimum atomic E-state index is -6.29. The Morgan fingerprint density at radius 1 is 0.750 bits per heavy atom. The Bertz CT molecular complexity index is 356. The smallest absolute Gasteiger partial charge is 0.319 e. The standard InChI is InChI=1S/C8H5F11O/c9-4(10)1-2-5(11,8(4,18)19)20-3(6(12,13)14)7(15,16)17/h3H,1-2H2. The lowest BCUT2D eigenvalue weighted by molar-refractivity contribution is -0.398. The van der Waals surface area contributed by atoms with Crippen molar-refractivity contribution in [3.8, 4) is 0 Å². The summed E-state index contributed by atoms with van der Waals surface area (Å²) in [5, 5.41) is 0. The van der Waals surface area contributed by atoms with Crippen molar-refractivity contribution in [2.24, 2.45) is 0 Å². The zero-order valence-electron chi connectivity index (χ0n) is 9.06. The lowest BCUT2D eigenvalue weighted by Gasteiger charge is -2.34. The zero-order valence-corrected chi connectivity index (χ0v) is 9.06. The summed E-state index contributed by atoms with van der Waals surface area (Å²) in [6.45, 7) is 0. The van der Waals surface area contributed by atoms with Crippen LogP contribution in [0.1, 0.15) is 12.8 Å². The molecule has 0 spiro atoms. The molecule has 12 heteroatoms. The van der Waals surface area contributed by atoms with E-state index < -0.39 is 49.0 Å². The molecule has 1 saturated carbocycles. The van der Waals surface area contributed by atoms with Crippen molar-refractivity contribution < 1.29 is 53.0 Å². The lowest BCUT2D eigenvalue weighted by atomic mass is 10.1. The second kappa shape index (κ2) is 4.34. The van der Waals surface area contributed by atoms with Crippen molar-refractivity contribution in [1.82, 2.24) is 0 Å². The molecule has 1 atom stereocenters. The average Bonchev–Trinajstić information content (AvgIpc) is 2.33. The molecule has 0 saturated heterocycles. The highest BCUT2D eigenvalue weighted by Gasteiger charge is 2.78. The molecule has 1 fully saturated rings. The second-order valence-corrected chi connectivity index (χ2v) is 4.09. The normalized spacial score (nSPS) is 30.0. The van der Waals surface area contributed by atoms with E-state index in [2.05, 4.69) is 4.74 Å². The molecule has 0 aromatic heterocycles. The summed E-state index contributed by atoms with van der Waals surface area (Å²) in [5.41, 5.74) is 0. The summed E-state index contributed by atoms with van der Waals surface area (Å²) in [6, 6.07) is 0. The molecule has 120 valence electrons. The second-order valence-electron chi connectivity index (χ2n) is 4.09. The molecule has 1 aliphatic carbocycles. The topological polar surface area (TPSA) is 9.23 Å². The number of hydrogen-bond donors (Lipinski definition) is 0. The van der Waals surface area contributed by atoms with Crippen LogP contribution in [0, 0.1) is 0 Å². The molecule has 20 heavy (non-hydrogen) atoms. The first kappa shape index (κ1) is 17.2. The van der Waals surface area contributed by atoms with E-state index in [1.165, 1.54) is 0 Å². The summed E-state index contributed by atoms with van der Waals surface area (Å²) in [5.74, 6) is -16.0. The fourth-order valence-corrected chi connectivity index (χ4v) is 1.54. The number of alkyl halides is 11. The zero-order chi connectivity index (χ0) is 16.2. The maximum atomic E-state index is 13.4. The molecule has 0 N–H and O–H groups in total. The number of halogens is 11. The van der Waals surface area contributed by atoms with Crippen LogP contribution in [0.25, 0.3) is 0 Å². The SMILES string of the molecule is FC(F)(F)C(OC1(F)CCC(F)(F)C1(F)F)C(F)(F)F. The van der Waals surface area contributed by atoms with Gasteiger partial charge in [-0.05, 0) is 0 Å². The predicted molar refractivity (Wildman–Crippen MR) is 40.0 cm³/mol. The van der Waals surface area contributed by atoms with Crippen molar-refractivity contribution >= 4 is 0 Å². The van der Waals surface area contributed by atoms with E-state index in [-0.39, 0.29) is 0 Å². The van der Waals surface area contributed by atoms with Gasteiger partial charge in [0, 0.05) is 12.8 Å². The van der Waals surface area contributed by atoms with Gasteiger partial charge in [-0.3, -0.25) is 0 Å². The summed E-state index contributed by atoms with van der Waals surface area (Å²) < 4.78 is 140. The Labute approximate surface area is 103 Å². The Balaban J connectivity index is 3.13. The van der Waals surface area contributed by atoms with Crippen molar-refractivity contribution in [3.05, 3.63) is 0 Å². The van der Waals surface area contributed by atoms with Gasteiger partial charge in [-0.1, -0.05) is 0 Å². The Morgan fingerprint density at radius 3 is 1.40 bits per heavy atom. The lowest BCUT2D eigenvalue weighted by Crippen LogP contribution is -2.56. The van der Waals surface area contributed by atoms with Gasteiger partial charge in [0.05, 0.1) is 0 Å². The molecule has 0 radical (unpaired) electrons. The van der Waals surface area contributed by atoms with Crippen LogP contribution < -0.4 is 0 Å². The van der Waals surface area contributed by atoms with Crippen LogP contribution in [0.15, 0.2) is 0 Å². The summed E-state index contributed by atoms with van der Waals surface area (Å²) >= 11 is 0. The molecular formula is C8H5F11O. The molecule has 0 aromatic rings. The minimum absolute atomic E-state index is 1.95. The molecule has 0 aromatic carbocycles. The van der Waals surface area contributed by atoms with Crippen molar-refractivity contribution in [3.63, 3.8) is 0 Å². The van der Waals surface area contributed by atoms with E-state index in [0.717, 1.165) is 0 Å². The van der Waals surface area contributed by atoms with Gasteiger partial charge in [-0.25, -0.2) is 4.39 Å². The highest BCUT2D eigenvalue weighted by atomic mass is 19.4. The van der Waals surface area contributed by atoms with E-state index >= 15 is 0 Å². The largest absolute Gasteiger partial charge is 0.423 e. The van der Waals surface area contributed by atoms with Gasteiger partial charge in [-0.15, -0.1) is 0 Å². The van der Waals surface area contributed by atoms with Crippen LogP contribution in [0.4, 0.5) is 48.3 Å². The first-order valence-electron chi connectivity index (χ1n) is 4.80. The maximum absolute atomic E-state index is 13.4. The van der Waals surface area contributed by atoms with Crippen LogP contribution in [0.5, 0.6) is 0 Å². The Morgan fingerprint density at radius 2 is 1.15 bits per heavy atom. The highest BCUT2D eigenvalue weighted by Crippen LogP contribution is 2.57. The predicted octanol–water partition coefficient (Wildman–Crippen LogP) is 4.23. The minimum Gasteiger partial charge on any atom is -0.319 e. The Hall–Kier alpha value is -0.810. The number of hydrogen-bond acceptors (Lipinski definition) is 1. The fraction of sp³-hybridized carbons (Fsp3) is 1.00. The van der Waals surface area contributed by atoms with Gasteiger partial charge in [0.2, 0.25) is 0 Å². The quantitative estimate of drug-likeness (QED) is 0.690. The molecule has 1 rings (SSSR count). The summed E-state index contributed by atoms with van der Waals surface area (Å²) in [7, 11) is 0. The van der Waals surface area contributed by atoms with Crippen molar-refractivity contribution in [1.29, 1.82) is 0 Å². The summed E-state index contributed by atoms with van der Waals surface area (Å²) in [6.07, 6.45) is -21.5. The molecule has 0 bridgehead atoms. The fourth-order valence-electron chi connectivity index (χ4n) is 1.54. The maximum Gasteiger partial charge on any atom is 0.423 e. The van der Waals surface area contributed by atoms with Crippen molar-refractivity contribution in [2.75, 3.05) is 0 Å². The van der Waals surface area contributed by atoms with Gasteiger partial charge in [0.1, 0.15) is 0 Å². The third-order valence-corrected chi connectivity index (χ3v) is 2.59. The van der Waals surface area contributed by atoms with Crippen LogP contribution in [-0.2, 0) is 4.74 Å². The van der Waals surface area contributed by atoms with Crippen LogP contribution in [0.2, 0.25) is 0 Å². The van der Waals surface area contributed by atoms with Crippen LogP contribution in [0.3, 0.4) is 0 Å². The van der Waals surface area contributed by atoms with E-state index in [1.54, 1.807) is 0 Å². The van der Waals surface area contributed by atoms with Crippen LogP contribution in [-0.4, -0.2) is 36.2 Å². The molecule has 1 unspecified atom stereocenters. The summed E-state index contributed by atoms with van der Waals surface area (Å²) in [4.78, 5) is 0. The van der Waals surface area contributed by atoms with E-state index in [4.69, 9.17) is 0 Å². The van der Waals surface area contributed by atoms with Gasteiger partial charge >= 0.3 is 24.2 Å². The monoisotopic (exact) mass is 326 g/mol. The molecule has 0 amide bonds. The van der Waals surface area contributed by atoms with Gasteiger partial charge in [-0.2, -0.15) is 43.9 Å². The number of rotatable bonds is 2. The van der Waals surface area contributed by atoms with E-state index in [0.29, 0.717) is 0 Å². The molecule has 0 heterocycles. The van der Waals surface area contributed by atoms with Crippen LogP contribution >= 0.6 is 0 Å². The Kier molecular flexibility index (Phi) is 3.74.